The van der Waals surface area contributed by atoms with E-state index in [1.54, 1.807) is 30.3 Å². The first kappa shape index (κ1) is 20.7. The summed E-state index contributed by atoms with van der Waals surface area (Å²) in [6.07, 6.45) is 0.125. The molecule has 0 saturated heterocycles. The van der Waals surface area contributed by atoms with E-state index in [0.717, 1.165) is 0 Å². The smallest absolute Gasteiger partial charge is 0.322 e. The molecule has 0 spiro atoms. The number of fused-ring (bicyclic) bond motifs is 1. The summed E-state index contributed by atoms with van der Waals surface area (Å²) < 4.78 is 45.8. The Kier molecular flexibility index (Phi) is 5.76. The molecule has 0 aliphatic carbocycles. The van der Waals surface area contributed by atoms with Crippen molar-refractivity contribution in [3.8, 4) is 28.7 Å². The zero-order valence-corrected chi connectivity index (χ0v) is 17.3. The van der Waals surface area contributed by atoms with Crippen molar-refractivity contribution in [2.24, 2.45) is 0 Å². The normalized spacial score (nSPS) is 12.5. The number of ether oxygens (including phenoxy) is 3. The number of hydrogen-bond donors (Lipinski definition) is 1. The van der Waals surface area contributed by atoms with Gasteiger partial charge in [-0.05, 0) is 48.9 Å². The average molecular weight is 445 g/mol. The SMILES string of the molecule is COc1ccc(S(=O)(=O)CCCC(=O)Nc2nnc(-c3ccc4c(c3)OCO4)o2)cc1. The number of carbonyl (C=O) groups excluding carboxylic acids is 1. The Morgan fingerprint density at radius 2 is 1.87 bits per heavy atom. The van der Waals surface area contributed by atoms with E-state index in [4.69, 9.17) is 18.6 Å². The molecule has 4 rings (SSSR count). The maximum absolute atomic E-state index is 12.4. The van der Waals surface area contributed by atoms with Gasteiger partial charge < -0.3 is 18.6 Å². The number of anilines is 1. The van der Waals surface area contributed by atoms with Gasteiger partial charge in [0.25, 0.3) is 0 Å². The van der Waals surface area contributed by atoms with Crippen molar-refractivity contribution in [2.75, 3.05) is 25.0 Å². The minimum absolute atomic E-state index is 0.0167. The maximum Gasteiger partial charge on any atom is 0.322 e. The quantitative estimate of drug-likeness (QED) is 0.556. The van der Waals surface area contributed by atoms with E-state index in [1.165, 1.54) is 19.2 Å². The Morgan fingerprint density at radius 1 is 1.10 bits per heavy atom. The Hall–Kier alpha value is -3.60. The molecule has 0 fully saturated rings. The standard InChI is InChI=1S/C20H19N3O7S/c1-27-14-5-7-15(8-6-14)31(25,26)10-2-3-18(24)21-20-23-22-19(30-20)13-4-9-16-17(11-13)29-12-28-16/h4-9,11H,2-3,10,12H2,1H3,(H,21,23,24). The van der Waals surface area contributed by atoms with Crippen LogP contribution in [0.3, 0.4) is 0 Å². The molecular formula is C20H19N3O7S. The number of methoxy groups -OCH3 is 1. The molecule has 0 bridgehead atoms. The van der Waals surface area contributed by atoms with Crippen LogP contribution in [0, 0.1) is 0 Å². The molecule has 11 heteroatoms. The lowest BCUT2D eigenvalue weighted by Gasteiger charge is -2.05. The molecule has 1 aliphatic rings. The molecule has 162 valence electrons. The molecule has 1 amide bonds. The maximum atomic E-state index is 12.4. The number of sulfone groups is 1. The molecule has 31 heavy (non-hydrogen) atoms. The fourth-order valence-electron chi connectivity index (χ4n) is 2.93. The number of nitrogens with one attached hydrogen (secondary N) is 1. The third-order valence-electron chi connectivity index (χ3n) is 4.53. The summed E-state index contributed by atoms with van der Waals surface area (Å²) in [5, 5.41) is 10.2. The van der Waals surface area contributed by atoms with Crippen LogP contribution < -0.4 is 19.5 Å². The van der Waals surface area contributed by atoms with Crippen LogP contribution in [-0.2, 0) is 14.6 Å². The number of carbonyl (C=O) groups is 1. The lowest BCUT2D eigenvalue weighted by molar-refractivity contribution is -0.116. The van der Waals surface area contributed by atoms with Gasteiger partial charge in [0.15, 0.2) is 21.3 Å². The molecule has 3 aromatic rings. The number of benzene rings is 2. The summed E-state index contributed by atoms with van der Waals surface area (Å²) in [6, 6.07) is 11.2. The second-order valence-electron chi connectivity index (χ2n) is 6.63. The van der Waals surface area contributed by atoms with Gasteiger partial charge in [-0.25, -0.2) is 8.42 Å². The zero-order valence-electron chi connectivity index (χ0n) is 16.5. The van der Waals surface area contributed by atoms with Crippen molar-refractivity contribution in [1.29, 1.82) is 0 Å². The van der Waals surface area contributed by atoms with Gasteiger partial charge in [-0.2, -0.15) is 0 Å². The molecule has 1 aromatic heterocycles. The highest BCUT2D eigenvalue weighted by molar-refractivity contribution is 7.91. The summed E-state index contributed by atoms with van der Waals surface area (Å²) in [5.41, 5.74) is 0.614. The Balaban J connectivity index is 1.30. The highest BCUT2D eigenvalue weighted by Crippen LogP contribution is 2.35. The second kappa shape index (κ2) is 8.64. The van der Waals surface area contributed by atoms with Crippen LogP contribution in [0.15, 0.2) is 51.8 Å². The van der Waals surface area contributed by atoms with Gasteiger partial charge in [0, 0.05) is 12.0 Å². The van der Waals surface area contributed by atoms with Crippen molar-refractivity contribution in [1.82, 2.24) is 10.2 Å². The van der Waals surface area contributed by atoms with Crippen LogP contribution in [0.1, 0.15) is 12.8 Å². The number of nitrogens with zero attached hydrogens (tertiary/aromatic N) is 2. The first-order valence-corrected chi connectivity index (χ1v) is 11.0. The predicted octanol–water partition coefficient (Wildman–Crippen LogP) is 2.67. The van der Waals surface area contributed by atoms with Crippen LogP contribution in [-0.4, -0.2) is 44.2 Å². The third kappa shape index (κ3) is 4.77. The third-order valence-corrected chi connectivity index (χ3v) is 6.34. The summed E-state index contributed by atoms with van der Waals surface area (Å²) in [6.45, 7) is 0.151. The van der Waals surface area contributed by atoms with Gasteiger partial charge in [-0.1, -0.05) is 5.10 Å². The van der Waals surface area contributed by atoms with E-state index in [-0.39, 0.29) is 42.2 Å². The Bertz CT molecular complexity index is 1190. The van der Waals surface area contributed by atoms with E-state index in [9.17, 15) is 13.2 Å². The monoisotopic (exact) mass is 445 g/mol. The minimum Gasteiger partial charge on any atom is -0.497 e. The first-order chi connectivity index (χ1) is 14.9. The van der Waals surface area contributed by atoms with E-state index >= 15 is 0 Å². The van der Waals surface area contributed by atoms with Crippen molar-refractivity contribution in [3.05, 3.63) is 42.5 Å². The average Bonchev–Trinajstić information content (AvgIpc) is 3.42. The summed E-state index contributed by atoms with van der Waals surface area (Å²) in [5.74, 6) is 1.37. The van der Waals surface area contributed by atoms with Crippen LogP contribution in [0.2, 0.25) is 0 Å². The lowest BCUT2D eigenvalue weighted by atomic mass is 10.2. The van der Waals surface area contributed by atoms with E-state index in [0.29, 0.717) is 22.8 Å². The number of amides is 1. The van der Waals surface area contributed by atoms with Crippen molar-refractivity contribution >= 4 is 21.8 Å². The van der Waals surface area contributed by atoms with E-state index in [2.05, 4.69) is 15.5 Å². The Morgan fingerprint density at radius 3 is 2.65 bits per heavy atom. The van der Waals surface area contributed by atoms with Crippen LogP contribution in [0.4, 0.5) is 6.01 Å². The minimum atomic E-state index is -3.50. The number of hydrogen-bond acceptors (Lipinski definition) is 9. The topological polar surface area (TPSA) is 130 Å². The summed E-state index contributed by atoms with van der Waals surface area (Å²) >= 11 is 0. The van der Waals surface area contributed by atoms with Crippen LogP contribution in [0.25, 0.3) is 11.5 Å². The molecule has 2 aromatic carbocycles. The summed E-state index contributed by atoms with van der Waals surface area (Å²) in [4.78, 5) is 12.3. The molecule has 2 heterocycles. The molecule has 0 atom stereocenters. The fraction of sp³-hybridized carbons (Fsp3) is 0.250. The summed E-state index contributed by atoms with van der Waals surface area (Å²) in [7, 11) is -2.00. The highest BCUT2D eigenvalue weighted by atomic mass is 32.2. The van der Waals surface area contributed by atoms with E-state index in [1.807, 2.05) is 0 Å². The van der Waals surface area contributed by atoms with Crippen LogP contribution in [0.5, 0.6) is 17.2 Å². The largest absolute Gasteiger partial charge is 0.497 e. The Labute approximate surface area is 178 Å². The van der Waals surface area contributed by atoms with Crippen molar-refractivity contribution in [2.45, 2.75) is 17.7 Å². The van der Waals surface area contributed by atoms with Crippen molar-refractivity contribution < 1.29 is 31.8 Å². The molecule has 0 radical (unpaired) electrons. The first-order valence-electron chi connectivity index (χ1n) is 9.35. The van der Waals surface area contributed by atoms with Crippen LogP contribution >= 0.6 is 0 Å². The lowest BCUT2D eigenvalue weighted by Crippen LogP contribution is -2.14. The highest BCUT2D eigenvalue weighted by Gasteiger charge is 2.18. The molecule has 0 saturated carbocycles. The fourth-order valence-corrected chi connectivity index (χ4v) is 4.24. The van der Waals surface area contributed by atoms with Gasteiger partial charge in [0.05, 0.1) is 17.8 Å². The zero-order chi connectivity index (χ0) is 21.8. The van der Waals surface area contributed by atoms with Crippen molar-refractivity contribution in [3.63, 3.8) is 0 Å². The molecular weight excluding hydrogens is 426 g/mol. The second-order valence-corrected chi connectivity index (χ2v) is 8.74. The van der Waals surface area contributed by atoms with Gasteiger partial charge in [-0.15, -0.1) is 5.10 Å². The molecule has 1 N–H and O–H groups in total. The molecule has 10 nitrogen and oxygen atoms in total. The van der Waals surface area contributed by atoms with Gasteiger partial charge >= 0.3 is 6.01 Å². The molecule has 0 unspecified atom stereocenters. The number of aromatic nitrogens is 2. The van der Waals surface area contributed by atoms with Gasteiger partial charge in [0.1, 0.15) is 5.75 Å². The van der Waals surface area contributed by atoms with Gasteiger partial charge in [0.2, 0.25) is 18.6 Å². The number of rotatable bonds is 8. The van der Waals surface area contributed by atoms with Gasteiger partial charge in [-0.3, -0.25) is 10.1 Å². The predicted molar refractivity (Wildman–Crippen MR) is 109 cm³/mol. The molecule has 1 aliphatic heterocycles. The van der Waals surface area contributed by atoms with E-state index < -0.39 is 15.7 Å².